The number of nitro groups is 1. The Morgan fingerprint density at radius 1 is 0.946 bits per heavy atom. The highest BCUT2D eigenvalue weighted by molar-refractivity contribution is 8.18. The molecule has 0 aromatic heterocycles. The van der Waals surface area contributed by atoms with E-state index >= 15 is 0 Å². The van der Waals surface area contributed by atoms with Crippen molar-refractivity contribution in [3.8, 4) is 5.75 Å². The van der Waals surface area contributed by atoms with E-state index in [9.17, 15) is 24.1 Å². The molecule has 37 heavy (non-hydrogen) atoms. The predicted octanol–water partition coefficient (Wildman–Crippen LogP) is 6.70. The molecule has 0 atom stereocenters. The topological polar surface area (TPSA) is 89.8 Å². The number of non-ortho nitro benzene ring substituents is 1. The second kappa shape index (κ2) is 10.2. The van der Waals surface area contributed by atoms with Crippen molar-refractivity contribution in [1.82, 2.24) is 4.90 Å². The van der Waals surface area contributed by atoms with E-state index in [1.54, 1.807) is 30.3 Å². The fourth-order valence-corrected chi connectivity index (χ4v) is 4.81. The Morgan fingerprint density at radius 3 is 2.43 bits per heavy atom. The molecule has 0 spiro atoms. The molecule has 2 amide bonds. The Bertz CT molecular complexity index is 1570. The highest BCUT2D eigenvalue weighted by atomic mass is 32.2. The van der Waals surface area contributed by atoms with Crippen LogP contribution in [0.5, 0.6) is 5.75 Å². The quantitative estimate of drug-likeness (QED) is 0.155. The number of carbonyl (C=O) groups is 2. The van der Waals surface area contributed by atoms with Crippen LogP contribution in [0.4, 0.5) is 14.9 Å². The van der Waals surface area contributed by atoms with Crippen LogP contribution in [0.15, 0.2) is 89.8 Å². The van der Waals surface area contributed by atoms with Crippen molar-refractivity contribution in [3.05, 3.63) is 122 Å². The summed E-state index contributed by atoms with van der Waals surface area (Å²) in [6, 6.07) is 23.2. The molecule has 0 saturated carbocycles. The molecule has 184 valence electrons. The van der Waals surface area contributed by atoms with Gasteiger partial charge in [-0.3, -0.25) is 24.6 Å². The average molecular weight is 515 g/mol. The van der Waals surface area contributed by atoms with Gasteiger partial charge in [-0.25, -0.2) is 4.39 Å². The summed E-state index contributed by atoms with van der Waals surface area (Å²) in [4.78, 5) is 37.6. The van der Waals surface area contributed by atoms with Crippen LogP contribution < -0.4 is 4.74 Å². The summed E-state index contributed by atoms with van der Waals surface area (Å²) in [6.45, 7) is -0.0142. The third-order valence-electron chi connectivity index (χ3n) is 5.91. The highest BCUT2D eigenvalue weighted by Gasteiger charge is 2.35. The smallest absolute Gasteiger partial charge is 0.293 e. The largest absolute Gasteiger partial charge is 0.488 e. The van der Waals surface area contributed by atoms with Crippen molar-refractivity contribution in [1.29, 1.82) is 0 Å². The van der Waals surface area contributed by atoms with Crippen molar-refractivity contribution in [2.45, 2.75) is 13.2 Å². The number of benzene rings is 4. The first-order chi connectivity index (χ1) is 17.9. The molecule has 4 aromatic carbocycles. The Morgan fingerprint density at radius 2 is 1.68 bits per heavy atom. The number of thioether (sulfide) groups is 1. The van der Waals surface area contributed by atoms with E-state index in [2.05, 4.69) is 0 Å². The summed E-state index contributed by atoms with van der Waals surface area (Å²) in [6.07, 6.45) is 1.62. The van der Waals surface area contributed by atoms with Crippen LogP contribution in [0.25, 0.3) is 16.8 Å². The number of hydrogen-bond donors (Lipinski definition) is 0. The summed E-state index contributed by atoms with van der Waals surface area (Å²) in [7, 11) is 0. The van der Waals surface area contributed by atoms with Gasteiger partial charge in [0.2, 0.25) is 0 Å². The van der Waals surface area contributed by atoms with Crippen molar-refractivity contribution >= 4 is 45.4 Å². The van der Waals surface area contributed by atoms with E-state index in [0.29, 0.717) is 22.4 Å². The van der Waals surface area contributed by atoms with Gasteiger partial charge in [-0.15, -0.1) is 0 Å². The zero-order chi connectivity index (χ0) is 25.9. The van der Waals surface area contributed by atoms with E-state index in [0.717, 1.165) is 27.4 Å². The first kappa shape index (κ1) is 24.2. The van der Waals surface area contributed by atoms with Crippen LogP contribution in [0, 0.1) is 15.9 Å². The second-order valence-electron chi connectivity index (χ2n) is 8.27. The summed E-state index contributed by atoms with van der Waals surface area (Å²) in [5.41, 5.74) is 1.52. The van der Waals surface area contributed by atoms with Gasteiger partial charge in [-0.1, -0.05) is 60.7 Å². The Kier molecular flexibility index (Phi) is 6.70. The molecule has 0 N–H and O–H groups in total. The van der Waals surface area contributed by atoms with Gasteiger partial charge in [-0.05, 0) is 46.3 Å². The second-order valence-corrected chi connectivity index (χ2v) is 9.26. The molecule has 7 nitrogen and oxygen atoms in total. The van der Waals surface area contributed by atoms with Gasteiger partial charge in [0.15, 0.2) is 0 Å². The predicted molar refractivity (Wildman–Crippen MR) is 139 cm³/mol. The average Bonchev–Trinajstić information content (AvgIpc) is 3.16. The third kappa shape index (κ3) is 5.07. The first-order valence-electron chi connectivity index (χ1n) is 11.3. The number of amides is 2. The number of fused-ring (bicyclic) bond motifs is 1. The van der Waals surface area contributed by atoms with E-state index in [1.165, 1.54) is 30.3 Å². The van der Waals surface area contributed by atoms with Crippen LogP contribution in [-0.2, 0) is 17.9 Å². The first-order valence-corrected chi connectivity index (χ1v) is 12.1. The maximum atomic E-state index is 14.1. The molecule has 0 unspecified atom stereocenters. The third-order valence-corrected chi connectivity index (χ3v) is 6.82. The number of nitro benzene ring substituents is 1. The van der Waals surface area contributed by atoms with E-state index in [1.807, 2.05) is 30.3 Å². The number of carbonyl (C=O) groups excluding carboxylic acids is 2. The fraction of sp³-hybridized carbons (Fsp3) is 0.0714. The van der Waals surface area contributed by atoms with Gasteiger partial charge in [0.05, 0.1) is 16.4 Å². The number of ether oxygens (including phenoxy) is 1. The standard InChI is InChI=1S/C28H19FN2O5S/c29-24-8-4-2-6-20(24)17-36-25-14-11-19-5-1-3-7-22(19)23(25)15-26-27(32)30(28(33)37-26)16-18-9-12-21(13-10-18)31(34)35/h1-15H,16-17H2/b26-15-. The number of rotatable bonds is 7. The fourth-order valence-electron chi connectivity index (χ4n) is 3.99. The molecule has 5 rings (SSSR count). The molecule has 0 aliphatic carbocycles. The van der Waals surface area contributed by atoms with Crippen molar-refractivity contribution in [3.63, 3.8) is 0 Å². The molecule has 9 heteroatoms. The molecule has 1 heterocycles. The Balaban J connectivity index is 1.45. The summed E-state index contributed by atoms with van der Waals surface area (Å²) in [5.74, 6) is -0.400. The molecular weight excluding hydrogens is 495 g/mol. The minimum absolute atomic E-state index is 0.00647. The summed E-state index contributed by atoms with van der Waals surface area (Å²) in [5, 5.41) is 12.2. The molecule has 0 radical (unpaired) electrons. The van der Waals surface area contributed by atoms with Gasteiger partial charge in [0.1, 0.15) is 18.2 Å². The Hall–Kier alpha value is -4.50. The lowest BCUT2D eigenvalue weighted by atomic mass is 10.0. The number of halogens is 1. The lowest BCUT2D eigenvalue weighted by molar-refractivity contribution is -0.384. The highest BCUT2D eigenvalue weighted by Crippen LogP contribution is 2.37. The lowest BCUT2D eigenvalue weighted by Gasteiger charge is -2.14. The maximum absolute atomic E-state index is 14.1. The molecule has 1 fully saturated rings. The van der Waals surface area contributed by atoms with Gasteiger partial charge >= 0.3 is 0 Å². The van der Waals surface area contributed by atoms with Gasteiger partial charge in [0, 0.05) is 23.3 Å². The monoisotopic (exact) mass is 514 g/mol. The number of imide groups is 1. The van der Waals surface area contributed by atoms with Crippen LogP contribution in [0.2, 0.25) is 0 Å². The molecule has 1 aliphatic rings. The van der Waals surface area contributed by atoms with Crippen molar-refractivity contribution < 1.29 is 23.6 Å². The molecular formula is C28H19FN2O5S. The SMILES string of the molecule is O=C1S/C(=C\c2c(OCc3ccccc3F)ccc3ccccc23)C(=O)N1Cc1ccc([N+](=O)[O-])cc1. The zero-order valence-corrected chi connectivity index (χ0v) is 20.1. The maximum Gasteiger partial charge on any atom is 0.293 e. The van der Waals surface area contributed by atoms with Crippen molar-refractivity contribution in [2.24, 2.45) is 0 Å². The molecule has 1 aliphatic heterocycles. The number of nitrogens with zero attached hydrogens (tertiary/aromatic N) is 2. The Labute approximate surface area is 215 Å². The van der Waals surface area contributed by atoms with Crippen LogP contribution in [0.1, 0.15) is 16.7 Å². The van der Waals surface area contributed by atoms with E-state index in [-0.39, 0.29) is 29.6 Å². The number of hydrogen-bond acceptors (Lipinski definition) is 6. The summed E-state index contributed by atoms with van der Waals surface area (Å²) < 4.78 is 20.1. The van der Waals surface area contributed by atoms with Crippen LogP contribution >= 0.6 is 11.8 Å². The van der Waals surface area contributed by atoms with Crippen LogP contribution in [0.3, 0.4) is 0 Å². The minimum Gasteiger partial charge on any atom is -0.488 e. The minimum atomic E-state index is -0.511. The van der Waals surface area contributed by atoms with E-state index < -0.39 is 16.1 Å². The van der Waals surface area contributed by atoms with Crippen LogP contribution in [-0.4, -0.2) is 21.0 Å². The molecule has 0 bridgehead atoms. The van der Waals surface area contributed by atoms with Gasteiger partial charge in [-0.2, -0.15) is 0 Å². The van der Waals surface area contributed by atoms with Gasteiger partial charge in [0.25, 0.3) is 16.8 Å². The van der Waals surface area contributed by atoms with Gasteiger partial charge < -0.3 is 4.74 Å². The molecule has 1 saturated heterocycles. The normalized spacial score (nSPS) is 14.5. The van der Waals surface area contributed by atoms with Crippen molar-refractivity contribution in [2.75, 3.05) is 0 Å². The van der Waals surface area contributed by atoms with E-state index in [4.69, 9.17) is 4.74 Å². The molecule has 4 aromatic rings. The summed E-state index contributed by atoms with van der Waals surface area (Å²) >= 11 is 0.813. The lowest BCUT2D eigenvalue weighted by Crippen LogP contribution is -2.27. The zero-order valence-electron chi connectivity index (χ0n) is 19.3.